The molecule has 0 atom stereocenters. The van der Waals surface area contributed by atoms with Crippen LogP contribution in [-0.4, -0.2) is 26.7 Å². The molecule has 0 bridgehead atoms. The number of amides is 1. The second-order valence-electron chi connectivity index (χ2n) is 6.20. The lowest BCUT2D eigenvalue weighted by Crippen LogP contribution is -2.30. The van der Waals surface area contributed by atoms with Gasteiger partial charge in [0.15, 0.2) is 5.65 Å². The maximum absolute atomic E-state index is 12.4. The van der Waals surface area contributed by atoms with Crippen LogP contribution in [0.4, 0.5) is 0 Å². The van der Waals surface area contributed by atoms with E-state index in [0.29, 0.717) is 11.6 Å². The van der Waals surface area contributed by atoms with Crippen LogP contribution in [0.25, 0.3) is 11.0 Å². The molecule has 5 heteroatoms. The summed E-state index contributed by atoms with van der Waals surface area (Å²) >= 11 is 0. The fraction of sp³-hybridized carbons (Fsp3) is 0.562. The van der Waals surface area contributed by atoms with Crippen molar-refractivity contribution in [2.75, 3.05) is 0 Å². The van der Waals surface area contributed by atoms with Crippen molar-refractivity contribution in [3.8, 4) is 0 Å². The molecular formula is C16H22N4O. The maximum atomic E-state index is 12.4. The SMILES string of the molecule is Cc1cc(C(=O)NC(C)C)c2cnn(C3CCCC3)c2n1. The van der Waals surface area contributed by atoms with E-state index in [4.69, 9.17) is 0 Å². The van der Waals surface area contributed by atoms with Gasteiger partial charge in [-0.2, -0.15) is 5.10 Å². The second-order valence-corrected chi connectivity index (χ2v) is 6.20. The molecule has 0 aromatic carbocycles. The molecule has 2 aromatic heterocycles. The van der Waals surface area contributed by atoms with Gasteiger partial charge >= 0.3 is 0 Å². The van der Waals surface area contributed by atoms with Gasteiger partial charge in [0.05, 0.1) is 23.2 Å². The van der Waals surface area contributed by atoms with E-state index < -0.39 is 0 Å². The van der Waals surface area contributed by atoms with E-state index in [-0.39, 0.29) is 11.9 Å². The van der Waals surface area contributed by atoms with Crippen LogP contribution in [0.5, 0.6) is 0 Å². The lowest BCUT2D eigenvalue weighted by Gasteiger charge is -2.12. The normalized spacial score (nSPS) is 16.0. The Morgan fingerprint density at radius 1 is 1.38 bits per heavy atom. The van der Waals surface area contributed by atoms with Gasteiger partial charge in [-0.1, -0.05) is 12.8 Å². The van der Waals surface area contributed by atoms with Crippen LogP contribution in [0.15, 0.2) is 12.3 Å². The van der Waals surface area contributed by atoms with E-state index in [9.17, 15) is 4.79 Å². The summed E-state index contributed by atoms with van der Waals surface area (Å²) in [6.07, 6.45) is 6.59. The number of hydrogen-bond donors (Lipinski definition) is 1. The van der Waals surface area contributed by atoms with Crippen molar-refractivity contribution in [1.82, 2.24) is 20.1 Å². The first kappa shape index (κ1) is 14.0. The van der Waals surface area contributed by atoms with Crippen LogP contribution in [-0.2, 0) is 0 Å². The van der Waals surface area contributed by atoms with Crippen molar-refractivity contribution >= 4 is 16.9 Å². The summed E-state index contributed by atoms with van der Waals surface area (Å²) in [5, 5.41) is 8.32. The molecule has 2 heterocycles. The molecule has 0 aliphatic heterocycles. The summed E-state index contributed by atoms with van der Waals surface area (Å²) in [7, 11) is 0. The Hall–Kier alpha value is -1.91. The number of hydrogen-bond acceptors (Lipinski definition) is 3. The maximum Gasteiger partial charge on any atom is 0.252 e. The number of nitrogens with one attached hydrogen (secondary N) is 1. The summed E-state index contributed by atoms with van der Waals surface area (Å²) in [4.78, 5) is 17.0. The Balaban J connectivity index is 2.07. The third-order valence-corrected chi connectivity index (χ3v) is 4.03. The first-order valence-corrected chi connectivity index (χ1v) is 7.72. The summed E-state index contributed by atoms with van der Waals surface area (Å²) in [5.41, 5.74) is 2.38. The lowest BCUT2D eigenvalue weighted by atomic mass is 10.1. The van der Waals surface area contributed by atoms with Crippen molar-refractivity contribution in [3.05, 3.63) is 23.5 Å². The van der Waals surface area contributed by atoms with Gasteiger partial charge in [0.2, 0.25) is 0 Å². The van der Waals surface area contributed by atoms with Crippen molar-refractivity contribution in [2.24, 2.45) is 0 Å². The highest BCUT2D eigenvalue weighted by Gasteiger charge is 2.22. The molecule has 3 rings (SSSR count). The van der Waals surface area contributed by atoms with Gasteiger partial charge in [0.1, 0.15) is 0 Å². The van der Waals surface area contributed by atoms with E-state index in [2.05, 4.69) is 15.4 Å². The minimum absolute atomic E-state index is 0.0496. The predicted molar refractivity (Wildman–Crippen MR) is 82.4 cm³/mol. The van der Waals surface area contributed by atoms with Crippen molar-refractivity contribution in [1.29, 1.82) is 0 Å². The summed E-state index contributed by atoms with van der Waals surface area (Å²) in [6.45, 7) is 5.85. The Kier molecular flexibility index (Phi) is 3.66. The van der Waals surface area contributed by atoms with E-state index in [1.807, 2.05) is 31.5 Å². The zero-order valence-corrected chi connectivity index (χ0v) is 12.9. The van der Waals surface area contributed by atoms with E-state index in [1.54, 1.807) is 6.20 Å². The summed E-state index contributed by atoms with van der Waals surface area (Å²) in [6, 6.07) is 2.39. The quantitative estimate of drug-likeness (QED) is 0.943. The smallest absolute Gasteiger partial charge is 0.252 e. The van der Waals surface area contributed by atoms with Gasteiger partial charge in [-0.3, -0.25) is 4.79 Å². The summed E-state index contributed by atoms with van der Waals surface area (Å²) < 4.78 is 2.02. The Bertz CT molecular complexity index is 668. The number of aromatic nitrogens is 3. The summed E-state index contributed by atoms with van der Waals surface area (Å²) in [5.74, 6) is -0.0496. The topological polar surface area (TPSA) is 59.8 Å². The average Bonchev–Trinajstić information content (AvgIpc) is 3.04. The number of rotatable bonds is 3. The van der Waals surface area contributed by atoms with E-state index in [1.165, 1.54) is 12.8 Å². The molecule has 1 aliphatic carbocycles. The van der Waals surface area contributed by atoms with Crippen LogP contribution in [0, 0.1) is 6.92 Å². The van der Waals surface area contributed by atoms with E-state index in [0.717, 1.165) is 29.6 Å². The van der Waals surface area contributed by atoms with Crippen LogP contribution in [0.2, 0.25) is 0 Å². The molecule has 1 aliphatic rings. The van der Waals surface area contributed by atoms with Crippen LogP contribution in [0.3, 0.4) is 0 Å². The van der Waals surface area contributed by atoms with Crippen molar-refractivity contribution < 1.29 is 4.79 Å². The molecule has 2 aromatic rings. The molecule has 0 unspecified atom stereocenters. The third kappa shape index (κ3) is 2.64. The second kappa shape index (κ2) is 5.47. The average molecular weight is 286 g/mol. The molecule has 0 spiro atoms. The number of fused-ring (bicyclic) bond motifs is 1. The zero-order chi connectivity index (χ0) is 15.0. The Labute approximate surface area is 124 Å². The highest BCUT2D eigenvalue weighted by atomic mass is 16.1. The van der Waals surface area contributed by atoms with Crippen LogP contribution in [0.1, 0.15) is 61.6 Å². The van der Waals surface area contributed by atoms with Gasteiger partial charge in [-0.25, -0.2) is 9.67 Å². The number of pyridine rings is 1. The standard InChI is InChI=1S/C16H22N4O/c1-10(2)18-16(21)13-8-11(3)19-15-14(13)9-17-20(15)12-6-4-5-7-12/h8-10,12H,4-7H2,1-3H3,(H,18,21). The van der Waals surface area contributed by atoms with Gasteiger partial charge in [-0.15, -0.1) is 0 Å². The van der Waals surface area contributed by atoms with Gasteiger partial charge in [0.25, 0.3) is 5.91 Å². The minimum Gasteiger partial charge on any atom is -0.350 e. The van der Waals surface area contributed by atoms with Crippen LogP contribution < -0.4 is 5.32 Å². The highest BCUT2D eigenvalue weighted by molar-refractivity contribution is 6.05. The molecule has 1 amide bonds. The lowest BCUT2D eigenvalue weighted by molar-refractivity contribution is 0.0944. The molecule has 0 saturated heterocycles. The molecule has 5 nitrogen and oxygen atoms in total. The zero-order valence-electron chi connectivity index (χ0n) is 12.9. The van der Waals surface area contributed by atoms with Gasteiger partial charge < -0.3 is 5.32 Å². The number of nitrogens with zero attached hydrogens (tertiary/aromatic N) is 3. The molecule has 112 valence electrons. The Morgan fingerprint density at radius 3 is 2.76 bits per heavy atom. The molecule has 21 heavy (non-hydrogen) atoms. The molecule has 1 fully saturated rings. The predicted octanol–water partition coefficient (Wildman–Crippen LogP) is 2.99. The molecular weight excluding hydrogens is 264 g/mol. The fourth-order valence-corrected chi connectivity index (χ4v) is 3.09. The van der Waals surface area contributed by atoms with Crippen molar-refractivity contribution in [3.63, 3.8) is 0 Å². The molecule has 0 radical (unpaired) electrons. The fourth-order valence-electron chi connectivity index (χ4n) is 3.09. The number of aryl methyl sites for hydroxylation is 1. The van der Waals surface area contributed by atoms with E-state index >= 15 is 0 Å². The number of carbonyl (C=O) groups excluding carboxylic acids is 1. The molecule has 1 saturated carbocycles. The monoisotopic (exact) mass is 286 g/mol. The number of carbonyl (C=O) groups is 1. The van der Waals surface area contributed by atoms with Crippen LogP contribution >= 0.6 is 0 Å². The first-order valence-electron chi connectivity index (χ1n) is 7.72. The molecule has 1 N–H and O–H groups in total. The minimum atomic E-state index is -0.0496. The third-order valence-electron chi connectivity index (χ3n) is 4.03. The van der Waals surface area contributed by atoms with Crippen molar-refractivity contribution in [2.45, 2.75) is 58.5 Å². The Morgan fingerprint density at radius 2 is 2.10 bits per heavy atom. The highest BCUT2D eigenvalue weighted by Crippen LogP contribution is 2.31. The largest absolute Gasteiger partial charge is 0.350 e. The first-order chi connectivity index (χ1) is 10.1. The van der Waals surface area contributed by atoms with Gasteiger partial charge in [0, 0.05) is 11.7 Å². The van der Waals surface area contributed by atoms with Gasteiger partial charge in [-0.05, 0) is 39.7 Å².